The average molecular weight is 472 g/mol. The van der Waals surface area contributed by atoms with Crippen LogP contribution in [0.15, 0.2) is 36.4 Å². The van der Waals surface area contributed by atoms with E-state index in [2.05, 4.69) is 15.1 Å². The van der Waals surface area contributed by atoms with Crippen molar-refractivity contribution in [2.45, 2.75) is 31.7 Å². The van der Waals surface area contributed by atoms with Crippen LogP contribution >= 0.6 is 0 Å². The van der Waals surface area contributed by atoms with Gasteiger partial charge in [0.1, 0.15) is 19.0 Å². The molecule has 3 aliphatic rings. The molecule has 5 rings (SSSR count). The van der Waals surface area contributed by atoms with E-state index in [1.54, 1.807) is 12.1 Å². The molecule has 2 aromatic carbocycles. The third-order valence-electron chi connectivity index (χ3n) is 6.91. The first-order chi connectivity index (χ1) is 16.5. The molecule has 3 heterocycles. The highest BCUT2D eigenvalue weighted by Crippen LogP contribution is 2.34. The Hall–Kier alpha value is -2.87. The zero-order chi connectivity index (χ0) is 23.5. The minimum atomic E-state index is -0.427. The molecule has 0 aromatic heterocycles. The minimum absolute atomic E-state index is 0.0202. The Morgan fingerprint density at radius 2 is 1.82 bits per heavy atom. The monoisotopic (exact) mass is 471 g/mol. The van der Waals surface area contributed by atoms with E-state index in [0.29, 0.717) is 31.9 Å². The first kappa shape index (κ1) is 22.9. The molecule has 0 radical (unpaired) electrons. The lowest BCUT2D eigenvalue weighted by Gasteiger charge is -2.27. The van der Waals surface area contributed by atoms with E-state index in [9.17, 15) is 13.6 Å². The molecule has 2 saturated heterocycles. The number of hydrogen-bond acceptors (Lipinski definition) is 5. The zero-order valence-corrected chi connectivity index (χ0v) is 19.3. The number of fused-ring (bicyclic) bond motifs is 1. The van der Waals surface area contributed by atoms with Gasteiger partial charge >= 0.3 is 0 Å². The SMILES string of the molecule is O=C(NC(Cc1cc(F)c2c(c1)OCCO2)CN1CCCC1)C1CCN(c2ccc(F)cc2)C1. The van der Waals surface area contributed by atoms with E-state index < -0.39 is 5.82 Å². The maximum absolute atomic E-state index is 14.6. The van der Waals surface area contributed by atoms with Gasteiger partial charge in [-0.1, -0.05) is 0 Å². The third kappa shape index (κ3) is 5.27. The van der Waals surface area contributed by atoms with Crippen LogP contribution in [0.5, 0.6) is 11.5 Å². The Bertz CT molecular complexity index is 1010. The van der Waals surface area contributed by atoms with Gasteiger partial charge < -0.3 is 24.6 Å². The predicted octanol–water partition coefficient (Wildman–Crippen LogP) is 3.39. The Labute approximate surface area is 198 Å². The van der Waals surface area contributed by atoms with Gasteiger partial charge in [-0.2, -0.15) is 0 Å². The number of benzene rings is 2. The van der Waals surface area contributed by atoms with Crippen molar-refractivity contribution in [2.75, 3.05) is 50.8 Å². The number of halogens is 2. The molecule has 2 unspecified atom stereocenters. The fraction of sp³-hybridized carbons (Fsp3) is 0.500. The predicted molar refractivity (Wildman–Crippen MR) is 125 cm³/mol. The summed E-state index contributed by atoms with van der Waals surface area (Å²) in [6, 6.07) is 9.58. The number of amides is 1. The van der Waals surface area contributed by atoms with Crippen molar-refractivity contribution in [1.29, 1.82) is 0 Å². The lowest BCUT2D eigenvalue weighted by molar-refractivity contribution is -0.125. The summed E-state index contributed by atoms with van der Waals surface area (Å²) in [7, 11) is 0. The van der Waals surface area contributed by atoms with Crippen LogP contribution in [0.2, 0.25) is 0 Å². The molecule has 34 heavy (non-hydrogen) atoms. The maximum atomic E-state index is 14.6. The van der Waals surface area contributed by atoms with Crippen LogP contribution in [0.4, 0.5) is 14.5 Å². The van der Waals surface area contributed by atoms with E-state index in [-0.39, 0.29) is 29.4 Å². The van der Waals surface area contributed by atoms with Crippen LogP contribution in [0.3, 0.4) is 0 Å². The number of ether oxygens (including phenoxy) is 2. The van der Waals surface area contributed by atoms with Crippen molar-refractivity contribution in [3.63, 3.8) is 0 Å². The van der Waals surface area contributed by atoms with Crippen molar-refractivity contribution in [1.82, 2.24) is 10.2 Å². The van der Waals surface area contributed by atoms with Gasteiger partial charge in [0.25, 0.3) is 0 Å². The van der Waals surface area contributed by atoms with E-state index in [1.165, 1.54) is 18.2 Å². The van der Waals surface area contributed by atoms with Gasteiger partial charge in [-0.05, 0) is 80.7 Å². The quantitative estimate of drug-likeness (QED) is 0.671. The number of nitrogens with one attached hydrogen (secondary N) is 1. The number of carbonyl (C=O) groups is 1. The highest BCUT2D eigenvalue weighted by molar-refractivity contribution is 5.80. The summed E-state index contributed by atoms with van der Waals surface area (Å²) in [6.07, 6.45) is 3.59. The summed E-state index contributed by atoms with van der Waals surface area (Å²) < 4.78 is 38.8. The number of likely N-dealkylation sites (tertiary alicyclic amines) is 1. The molecule has 0 aliphatic carbocycles. The maximum Gasteiger partial charge on any atom is 0.225 e. The Morgan fingerprint density at radius 1 is 1.06 bits per heavy atom. The molecule has 0 bridgehead atoms. The van der Waals surface area contributed by atoms with Gasteiger partial charge in [0.2, 0.25) is 5.91 Å². The van der Waals surface area contributed by atoms with E-state index in [1.807, 2.05) is 6.07 Å². The first-order valence-electron chi connectivity index (χ1n) is 12.2. The summed E-state index contributed by atoms with van der Waals surface area (Å²) in [6.45, 7) is 4.87. The Morgan fingerprint density at radius 3 is 2.62 bits per heavy atom. The van der Waals surface area contributed by atoms with Crippen molar-refractivity contribution >= 4 is 11.6 Å². The number of carbonyl (C=O) groups excluding carboxylic acids is 1. The van der Waals surface area contributed by atoms with Gasteiger partial charge in [0.05, 0.1) is 5.92 Å². The molecule has 8 heteroatoms. The van der Waals surface area contributed by atoms with E-state index in [0.717, 1.165) is 56.7 Å². The third-order valence-corrected chi connectivity index (χ3v) is 6.91. The van der Waals surface area contributed by atoms with Gasteiger partial charge in [-0.25, -0.2) is 8.78 Å². The summed E-state index contributed by atoms with van der Waals surface area (Å²) in [4.78, 5) is 17.7. The smallest absolute Gasteiger partial charge is 0.225 e. The number of anilines is 1. The lowest BCUT2D eigenvalue weighted by atomic mass is 10.0. The second-order valence-corrected chi connectivity index (χ2v) is 9.43. The molecule has 2 fully saturated rings. The number of nitrogens with zero attached hydrogens (tertiary/aromatic N) is 2. The van der Waals surface area contributed by atoms with Crippen LogP contribution in [-0.2, 0) is 11.2 Å². The van der Waals surface area contributed by atoms with Crippen molar-refractivity contribution in [3.8, 4) is 11.5 Å². The summed E-state index contributed by atoms with van der Waals surface area (Å²) in [5.41, 5.74) is 1.71. The van der Waals surface area contributed by atoms with Gasteiger partial charge in [-0.3, -0.25) is 4.79 Å². The highest BCUT2D eigenvalue weighted by atomic mass is 19.1. The summed E-state index contributed by atoms with van der Waals surface area (Å²) in [5.74, 6) is -0.211. The molecule has 1 N–H and O–H groups in total. The number of rotatable bonds is 7. The lowest BCUT2D eigenvalue weighted by Crippen LogP contribution is -2.47. The molecular formula is C26H31F2N3O3. The second kappa shape index (κ2) is 10.2. The number of hydrogen-bond donors (Lipinski definition) is 1. The average Bonchev–Trinajstić information content (AvgIpc) is 3.52. The normalized spacial score (nSPS) is 21.0. The summed E-state index contributed by atoms with van der Waals surface area (Å²) >= 11 is 0. The van der Waals surface area contributed by atoms with Crippen molar-refractivity contribution in [2.24, 2.45) is 5.92 Å². The molecule has 2 aromatic rings. The first-order valence-corrected chi connectivity index (χ1v) is 12.2. The van der Waals surface area contributed by atoms with Crippen molar-refractivity contribution < 1.29 is 23.0 Å². The molecular weight excluding hydrogens is 440 g/mol. The van der Waals surface area contributed by atoms with Crippen LogP contribution in [-0.4, -0.2) is 62.8 Å². The van der Waals surface area contributed by atoms with Gasteiger partial charge in [0.15, 0.2) is 17.3 Å². The fourth-order valence-corrected chi connectivity index (χ4v) is 5.18. The molecule has 0 spiro atoms. The van der Waals surface area contributed by atoms with E-state index >= 15 is 0 Å². The van der Waals surface area contributed by atoms with Crippen molar-refractivity contribution in [3.05, 3.63) is 53.6 Å². The summed E-state index contributed by atoms with van der Waals surface area (Å²) in [5, 5.41) is 3.25. The largest absolute Gasteiger partial charge is 0.486 e. The molecule has 2 atom stereocenters. The Kier molecular flexibility index (Phi) is 6.85. The molecule has 3 aliphatic heterocycles. The van der Waals surface area contributed by atoms with Gasteiger partial charge in [-0.15, -0.1) is 0 Å². The van der Waals surface area contributed by atoms with Crippen LogP contribution in [0.1, 0.15) is 24.8 Å². The molecule has 182 valence electrons. The van der Waals surface area contributed by atoms with E-state index in [4.69, 9.17) is 9.47 Å². The zero-order valence-electron chi connectivity index (χ0n) is 19.3. The topological polar surface area (TPSA) is 54.0 Å². The van der Waals surface area contributed by atoms with Crippen LogP contribution in [0.25, 0.3) is 0 Å². The minimum Gasteiger partial charge on any atom is -0.486 e. The molecule has 6 nitrogen and oxygen atoms in total. The Balaban J connectivity index is 1.26. The van der Waals surface area contributed by atoms with Gasteiger partial charge in [0, 0.05) is 31.4 Å². The van der Waals surface area contributed by atoms with Crippen LogP contribution < -0.4 is 19.7 Å². The fourth-order valence-electron chi connectivity index (χ4n) is 5.18. The van der Waals surface area contributed by atoms with Crippen LogP contribution in [0, 0.1) is 17.6 Å². The molecule has 0 saturated carbocycles. The highest BCUT2D eigenvalue weighted by Gasteiger charge is 2.31. The second-order valence-electron chi connectivity index (χ2n) is 9.43. The molecule has 1 amide bonds. The standard InChI is InChI=1S/C26H31F2N3O3/c27-20-3-5-22(6-4-20)31-10-7-19(16-31)26(32)29-21(17-30-8-1-2-9-30)13-18-14-23(28)25-24(15-18)33-11-12-34-25/h3-6,14-15,19,21H,1-2,7-13,16-17H2,(H,29,32).